The van der Waals surface area contributed by atoms with E-state index in [4.69, 9.17) is 14.5 Å². The van der Waals surface area contributed by atoms with Crippen molar-refractivity contribution in [1.82, 2.24) is 9.97 Å². The number of benzene rings is 2. The third kappa shape index (κ3) is 4.88. The fourth-order valence-electron chi connectivity index (χ4n) is 3.46. The molecule has 0 saturated carbocycles. The molecule has 168 valence electrons. The molecule has 0 spiro atoms. The summed E-state index contributed by atoms with van der Waals surface area (Å²) in [6.07, 6.45) is 6.81. The van der Waals surface area contributed by atoms with Crippen LogP contribution in [-0.4, -0.2) is 30.1 Å². The lowest BCUT2D eigenvalue weighted by Crippen LogP contribution is -2.28. The number of amides is 1. The molecule has 0 bridgehead atoms. The van der Waals surface area contributed by atoms with E-state index in [-0.39, 0.29) is 5.91 Å². The highest BCUT2D eigenvalue weighted by Crippen LogP contribution is 2.33. The van der Waals surface area contributed by atoms with Gasteiger partial charge in [0.25, 0.3) is 5.91 Å². The minimum Gasteiger partial charge on any atom is -0.493 e. The van der Waals surface area contributed by atoms with E-state index in [9.17, 15) is 4.79 Å². The molecule has 0 unspecified atom stereocenters. The Hall–Kier alpha value is -3.71. The molecule has 2 aromatic carbocycles. The average molecular weight is 460 g/mol. The van der Waals surface area contributed by atoms with Crippen molar-refractivity contribution in [1.29, 1.82) is 0 Å². The first kappa shape index (κ1) is 22.5. The van der Waals surface area contributed by atoms with E-state index in [1.165, 1.54) is 16.9 Å². The van der Waals surface area contributed by atoms with Gasteiger partial charge in [0, 0.05) is 18.5 Å². The zero-order valence-electron chi connectivity index (χ0n) is 19.0. The van der Waals surface area contributed by atoms with Crippen molar-refractivity contribution in [2.45, 2.75) is 20.4 Å². The minimum absolute atomic E-state index is 0.165. The highest BCUT2D eigenvalue weighted by Gasteiger charge is 2.19. The first-order chi connectivity index (χ1) is 16.0. The standard InChI is InChI=1S/C26H25N3O3S/c1-17-7-11-23-25(18(17)2)28-26(33-23)29(16-20-6-5-13-27-15-20)24(30)12-9-19-8-10-21(31-3)22(14-19)32-4/h5-15H,16H2,1-4H3/b12-9+. The number of aromatic nitrogens is 2. The van der Waals surface area contributed by atoms with E-state index in [2.05, 4.69) is 31.0 Å². The molecular weight excluding hydrogens is 434 g/mol. The van der Waals surface area contributed by atoms with Crippen LogP contribution in [0.5, 0.6) is 11.5 Å². The summed E-state index contributed by atoms with van der Waals surface area (Å²) < 4.78 is 11.7. The maximum absolute atomic E-state index is 13.4. The predicted molar refractivity (Wildman–Crippen MR) is 133 cm³/mol. The average Bonchev–Trinajstić information content (AvgIpc) is 3.28. The number of hydrogen-bond acceptors (Lipinski definition) is 6. The molecule has 0 saturated heterocycles. The second-order valence-corrected chi connectivity index (χ2v) is 8.59. The molecular formula is C26H25N3O3S. The van der Waals surface area contributed by atoms with Crippen molar-refractivity contribution in [3.05, 3.63) is 83.2 Å². The molecule has 6 nitrogen and oxygen atoms in total. The molecule has 0 N–H and O–H groups in total. The smallest absolute Gasteiger partial charge is 0.253 e. The van der Waals surface area contributed by atoms with Crippen molar-refractivity contribution < 1.29 is 14.3 Å². The first-order valence-electron chi connectivity index (χ1n) is 10.5. The van der Waals surface area contributed by atoms with Crippen LogP contribution in [0.25, 0.3) is 16.3 Å². The lowest BCUT2D eigenvalue weighted by atomic mass is 10.1. The fraction of sp³-hybridized carbons (Fsp3) is 0.192. The number of methoxy groups -OCH3 is 2. The molecule has 0 radical (unpaired) electrons. The Bertz CT molecular complexity index is 1320. The quantitative estimate of drug-likeness (QED) is 0.338. The topological polar surface area (TPSA) is 64.5 Å². The maximum atomic E-state index is 13.4. The van der Waals surface area contributed by atoms with E-state index >= 15 is 0 Å². The van der Waals surface area contributed by atoms with Gasteiger partial charge in [0.2, 0.25) is 0 Å². The summed E-state index contributed by atoms with van der Waals surface area (Å²) in [6.45, 7) is 4.50. The van der Waals surface area contributed by atoms with Gasteiger partial charge in [0.15, 0.2) is 16.6 Å². The van der Waals surface area contributed by atoms with Crippen LogP contribution in [0.4, 0.5) is 5.13 Å². The monoisotopic (exact) mass is 459 g/mol. The Kier molecular flexibility index (Phi) is 6.70. The molecule has 33 heavy (non-hydrogen) atoms. The van der Waals surface area contributed by atoms with Crippen LogP contribution in [0.2, 0.25) is 0 Å². The van der Waals surface area contributed by atoms with Gasteiger partial charge in [-0.3, -0.25) is 14.7 Å². The van der Waals surface area contributed by atoms with Crippen LogP contribution >= 0.6 is 11.3 Å². The highest BCUT2D eigenvalue weighted by atomic mass is 32.1. The molecule has 0 aliphatic carbocycles. The number of rotatable bonds is 7. The van der Waals surface area contributed by atoms with Gasteiger partial charge in [-0.1, -0.05) is 29.5 Å². The summed E-state index contributed by atoms with van der Waals surface area (Å²) in [7, 11) is 3.18. The largest absolute Gasteiger partial charge is 0.493 e. The second-order valence-electron chi connectivity index (χ2n) is 7.58. The predicted octanol–water partition coefficient (Wildman–Crippen LogP) is 5.57. The Morgan fingerprint density at radius 3 is 2.64 bits per heavy atom. The summed E-state index contributed by atoms with van der Waals surface area (Å²) in [5.41, 5.74) is 5.00. The number of thiazole rings is 1. The zero-order chi connectivity index (χ0) is 23.4. The van der Waals surface area contributed by atoms with Crippen LogP contribution in [0, 0.1) is 13.8 Å². The number of ether oxygens (including phenoxy) is 2. The Labute approximate surface area is 197 Å². The third-order valence-electron chi connectivity index (χ3n) is 5.46. The zero-order valence-corrected chi connectivity index (χ0v) is 19.8. The summed E-state index contributed by atoms with van der Waals surface area (Å²) in [5.74, 6) is 1.08. The van der Waals surface area contributed by atoms with Gasteiger partial charge in [-0.15, -0.1) is 0 Å². The SMILES string of the molecule is COc1ccc(/C=C/C(=O)N(Cc2cccnc2)c2nc3c(C)c(C)ccc3s2)cc1OC. The summed E-state index contributed by atoms with van der Waals surface area (Å²) in [6, 6.07) is 13.5. The van der Waals surface area contributed by atoms with E-state index in [0.717, 1.165) is 26.9 Å². The number of pyridine rings is 1. The molecule has 1 amide bonds. The minimum atomic E-state index is -0.165. The summed E-state index contributed by atoms with van der Waals surface area (Å²) >= 11 is 1.51. The lowest BCUT2D eigenvalue weighted by molar-refractivity contribution is -0.114. The van der Waals surface area contributed by atoms with Crippen molar-refractivity contribution in [2.75, 3.05) is 19.1 Å². The van der Waals surface area contributed by atoms with E-state index in [0.29, 0.717) is 23.2 Å². The van der Waals surface area contributed by atoms with Gasteiger partial charge >= 0.3 is 0 Å². The van der Waals surface area contributed by atoms with Gasteiger partial charge in [0.1, 0.15) is 0 Å². The number of carbonyl (C=O) groups excluding carboxylic acids is 1. The number of nitrogens with zero attached hydrogens (tertiary/aromatic N) is 3. The molecule has 7 heteroatoms. The van der Waals surface area contributed by atoms with E-state index < -0.39 is 0 Å². The number of aryl methyl sites for hydroxylation is 2. The Balaban J connectivity index is 1.68. The van der Waals surface area contributed by atoms with E-state index in [1.807, 2.05) is 30.3 Å². The van der Waals surface area contributed by atoms with Crippen molar-refractivity contribution in [2.24, 2.45) is 0 Å². The van der Waals surface area contributed by atoms with Gasteiger partial charge in [0.05, 0.1) is 31.0 Å². The first-order valence-corrected chi connectivity index (χ1v) is 11.3. The molecule has 0 aliphatic rings. The lowest BCUT2D eigenvalue weighted by Gasteiger charge is -2.18. The number of hydrogen-bond donors (Lipinski definition) is 0. The third-order valence-corrected chi connectivity index (χ3v) is 6.50. The van der Waals surface area contributed by atoms with Crippen LogP contribution in [0.1, 0.15) is 22.3 Å². The molecule has 4 rings (SSSR count). The van der Waals surface area contributed by atoms with Gasteiger partial charge < -0.3 is 9.47 Å². The molecule has 2 heterocycles. The van der Waals surface area contributed by atoms with Crippen molar-refractivity contribution >= 4 is 38.7 Å². The second kappa shape index (κ2) is 9.83. The fourth-order valence-corrected chi connectivity index (χ4v) is 4.49. The number of carbonyl (C=O) groups is 1. The van der Waals surface area contributed by atoms with Crippen LogP contribution in [0.3, 0.4) is 0 Å². The Morgan fingerprint density at radius 2 is 1.91 bits per heavy atom. The summed E-state index contributed by atoms with van der Waals surface area (Å²) in [4.78, 5) is 24.1. The molecule has 0 atom stereocenters. The molecule has 4 aromatic rings. The van der Waals surface area contributed by atoms with Crippen LogP contribution in [-0.2, 0) is 11.3 Å². The molecule has 0 fully saturated rings. The summed E-state index contributed by atoms with van der Waals surface area (Å²) in [5, 5.41) is 0.657. The molecule has 2 aromatic heterocycles. The maximum Gasteiger partial charge on any atom is 0.253 e. The normalized spacial score (nSPS) is 11.2. The Morgan fingerprint density at radius 1 is 1.09 bits per heavy atom. The van der Waals surface area contributed by atoms with Gasteiger partial charge in [-0.2, -0.15) is 0 Å². The van der Waals surface area contributed by atoms with Crippen molar-refractivity contribution in [3.8, 4) is 11.5 Å². The number of fused-ring (bicyclic) bond motifs is 1. The van der Waals surface area contributed by atoms with Crippen LogP contribution in [0.15, 0.2) is 60.9 Å². The van der Waals surface area contributed by atoms with Crippen molar-refractivity contribution in [3.63, 3.8) is 0 Å². The van der Waals surface area contributed by atoms with Gasteiger partial charge in [-0.05, 0) is 66.4 Å². The van der Waals surface area contributed by atoms with Crippen LogP contribution < -0.4 is 14.4 Å². The molecule has 0 aliphatic heterocycles. The van der Waals surface area contributed by atoms with Gasteiger partial charge in [-0.25, -0.2) is 4.98 Å². The number of anilines is 1. The highest BCUT2D eigenvalue weighted by molar-refractivity contribution is 7.22. The van der Waals surface area contributed by atoms with E-state index in [1.54, 1.807) is 43.7 Å².